The summed E-state index contributed by atoms with van der Waals surface area (Å²) in [6.07, 6.45) is 0. The lowest BCUT2D eigenvalue weighted by Crippen LogP contribution is -2.30. The van der Waals surface area contributed by atoms with E-state index in [1.165, 1.54) is 0 Å². The third-order valence-electron chi connectivity index (χ3n) is 2.17. The summed E-state index contributed by atoms with van der Waals surface area (Å²) in [4.78, 5) is 11.8. The molecule has 1 aromatic rings. The zero-order valence-electron chi connectivity index (χ0n) is 8.93. The van der Waals surface area contributed by atoms with Gasteiger partial charge in [-0.05, 0) is 54.3 Å². The molecule has 4 heteroatoms. The molecule has 1 rings (SSSR count). The molecule has 3 nitrogen and oxygen atoms in total. The van der Waals surface area contributed by atoms with E-state index in [0.717, 1.165) is 21.2 Å². The van der Waals surface area contributed by atoms with Crippen LogP contribution in [0.4, 0.5) is 0 Å². The molecule has 1 aromatic carbocycles. The minimum Gasteiger partial charge on any atom is -0.351 e. The van der Waals surface area contributed by atoms with Gasteiger partial charge in [-0.2, -0.15) is 0 Å². The normalized spacial score (nSPS) is 10.1. The zero-order chi connectivity index (χ0) is 11.3. The minimum absolute atomic E-state index is 0.00117. The molecule has 0 radical (unpaired) electrons. The van der Waals surface area contributed by atoms with Gasteiger partial charge in [0.05, 0.1) is 0 Å². The standard InChI is InChI=1S/C11H15IN2O/c1-8-9(4-3-5-10(8)12)11(15)14-7-6-13-2/h3-5,13H,6-7H2,1-2H3,(H,14,15). The van der Waals surface area contributed by atoms with E-state index in [1.807, 2.05) is 32.2 Å². The maximum Gasteiger partial charge on any atom is 0.251 e. The van der Waals surface area contributed by atoms with Crippen LogP contribution in [0.2, 0.25) is 0 Å². The average molecular weight is 318 g/mol. The van der Waals surface area contributed by atoms with Crippen molar-refractivity contribution >= 4 is 28.5 Å². The summed E-state index contributed by atoms with van der Waals surface area (Å²) in [5.41, 5.74) is 1.80. The SMILES string of the molecule is CNCCNC(=O)c1cccc(I)c1C. The number of hydrogen-bond acceptors (Lipinski definition) is 2. The first-order valence-electron chi connectivity index (χ1n) is 4.84. The molecular formula is C11H15IN2O. The lowest BCUT2D eigenvalue weighted by atomic mass is 10.1. The van der Waals surface area contributed by atoms with Crippen molar-refractivity contribution in [3.8, 4) is 0 Å². The number of benzene rings is 1. The summed E-state index contributed by atoms with van der Waals surface area (Å²) in [5, 5.41) is 5.85. The highest BCUT2D eigenvalue weighted by Gasteiger charge is 2.09. The zero-order valence-corrected chi connectivity index (χ0v) is 11.1. The number of halogens is 1. The molecule has 0 fully saturated rings. The van der Waals surface area contributed by atoms with E-state index in [0.29, 0.717) is 6.54 Å². The first kappa shape index (κ1) is 12.4. The minimum atomic E-state index is 0.00117. The molecule has 0 atom stereocenters. The van der Waals surface area contributed by atoms with Crippen molar-refractivity contribution < 1.29 is 4.79 Å². The van der Waals surface area contributed by atoms with Gasteiger partial charge < -0.3 is 10.6 Å². The van der Waals surface area contributed by atoms with Crippen LogP contribution in [0, 0.1) is 10.5 Å². The molecule has 0 aliphatic carbocycles. The predicted molar refractivity (Wildman–Crippen MR) is 70.2 cm³/mol. The third kappa shape index (κ3) is 3.46. The van der Waals surface area contributed by atoms with Crippen LogP contribution in [0.3, 0.4) is 0 Å². The Labute approximate surface area is 104 Å². The molecule has 0 aliphatic rings. The van der Waals surface area contributed by atoms with E-state index in [9.17, 15) is 4.79 Å². The van der Waals surface area contributed by atoms with Gasteiger partial charge >= 0.3 is 0 Å². The van der Waals surface area contributed by atoms with Gasteiger partial charge in [0.2, 0.25) is 0 Å². The average Bonchev–Trinajstić information content (AvgIpc) is 2.22. The van der Waals surface area contributed by atoms with Gasteiger partial charge in [0, 0.05) is 22.2 Å². The fourth-order valence-electron chi connectivity index (χ4n) is 1.25. The van der Waals surface area contributed by atoms with Gasteiger partial charge in [0.1, 0.15) is 0 Å². The van der Waals surface area contributed by atoms with Crippen LogP contribution in [0.1, 0.15) is 15.9 Å². The summed E-state index contributed by atoms with van der Waals surface area (Å²) in [5.74, 6) is 0.00117. The van der Waals surface area contributed by atoms with Crippen LogP contribution in [0.15, 0.2) is 18.2 Å². The Bertz CT molecular complexity index is 352. The Hall–Kier alpha value is -0.620. The summed E-state index contributed by atoms with van der Waals surface area (Å²) >= 11 is 2.24. The van der Waals surface area contributed by atoms with Crippen molar-refractivity contribution in [2.75, 3.05) is 20.1 Å². The van der Waals surface area contributed by atoms with Crippen molar-refractivity contribution in [2.45, 2.75) is 6.92 Å². The second kappa shape index (κ2) is 6.07. The number of rotatable bonds is 4. The second-order valence-corrected chi connectivity index (χ2v) is 4.43. The molecule has 0 heterocycles. The molecule has 0 bridgehead atoms. The Morgan fingerprint density at radius 3 is 2.80 bits per heavy atom. The van der Waals surface area contributed by atoms with E-state index in [1.54, 1.807) is 0 Å². The van der Waals surface area contributed by atoms with Crippen molar-refractivity contribution in [2.24, 2.45) is 0 Å². The summed E-state index contributed by atoms with van der Waals surface area (Å²) < 4.78 is 1.12. The first-order valence-corrected chi connectivity index (χ1v) is 5.92. The van der Waals surface area contributed by atoms with Crippen molar-refractivity contribution in [3.63, 3.8) is 0 Å². The van der Waals surface area contributed by atoms with Gasteiger partial charge in [-0.3, -0.25) is 4.79 Å². The first-order chi connectivity index (χ1) is 7.16. The number of amides is 1. The monoisotopic (exact) mass is 318 g/mol. The quantitative estimate of drug-likeness (QED) is 0.653. The highest BCUT2D eigenvalue weighted by atomic mass is 127. The van der Waals surface area contributed by atoms with Crippen LogP contribution in [-0.2, 0) is 0 Å². The van der Waals surface area contributed by atoms with E-state index >= 15 is 0 Å². The lowest BCUT2D eigenvalue weighted by molar-refractivity contribution is 0.0953. The van der Waals surface area contributed by atoms with E-state index in [4.69, 9.17) is 0 Å². The van der Waals surface area contributed by atoms with E-state index in [2.05, 4.69) is 33.2 Å². The van der Waals surface area contributed by atoms with Crippen LogP contribution in [0.5, 0.6) is 0 Å². The summed E-state index contributed by atoms with van der Waals surface area (Å²) in [6.45, 7) is 3.41. The topological polar surface area (TPSA) is 41.1 Å². The molecular weight excluding hydrogens is 303 g/mol. The fourth-order valence-corrected chi connectivity index (χ4v) is 1.75. The predicted octanol–water partition coefficient (Wildman–Crippen LogP) is 1.55. The maximum absolute atomic E-state index is 11.8. The van der Waals surface area contributed by atoms with Gasteiger partial charge in [0.15, 0.2) is 0 Å². The van der Waals surface area contributed by atoms with Gasteiger partial charge in [-0.25, -0.2) is 0 Å². The molecule has 82 valence electrons. The van der Waals surface area contributed by atoms with Crippen LogP contribution in [-0.4, -0.2) is 26.0 Å². The molecule has 0 saturated heterocycles. The Kier molecular flexibility index (Phi) is 5.04. The molecule has 0 spiro atoms. The van der Waals surface area contributed by atoms with E-state index < -0.39 is 0 Å². The molecule has 0 saturated carbocycles. The highest BCUT2D eigenvalue weighted by Crippen LogP contribution is 2.15. The lowest BCUT2D eigenvalue weighted by Gasteiger charge is -2.08. The number of nitrogens with one attached hydrogen (secondary N) is 2. The number of carbonyl (C=O) groups is 1. The number of likely N-dealkylation sites (N-methyl/N-ethyl adjacent to an activating group) is 1. The van der Waals surface area contributed by atoms with Crippen molar-refractivity contribution in [3.05, 3.63) is 32.9 Å². The largest absolute Gasteiger partial charge is 0.351 e. The Morgan fingerprint density at radius 1 is 1.40 bits per heavy atom. The highest BCUT2D eigenvalue weighted by molar-refractivity contribution is 14.1. The smallest absolute Gasteiger partial charge is 0.251 e. The fraction of sp³-hybridized carbons (Fsp3) is 0.364. The van der Waals surface area contributed by atoms with Gasteiger partial charge in [-0.15, -0.1) is 0 Å². The summed E-state index contributed by atoms with van der Waals surface area (Å²) in [6, 6.07) is 5.76. The van der Waals surface area contributed by atoms with Crippen molar-refractivity contribution in [1.82, 2.24) is 10.6 Å². The molecule has 0 aromatic heterocycles. The van der Waals surface area contributed by atoms with E-state index in [-0.39, 0.29) is 5.91 Å². The second-order valence-electron chi connectivity index (χ2n) is 3.27. The number of hydrogen-bond donors (Lipinski definition) is 2. The van der Waals surface area contributed by atoms with Crippen molar-refractivity contribution in [1.29, 1.82) is 0 Å². The Morgan fingerprint density at radius 2 is 2.13 bits per heavy atom. The Balaban J connectivity index is 2.69. The molecule has 0 aliphatic heterocycles. The van der Waals surface area contributed by atoms with Crippen LogP contribution < -0.4 is 10.6 Å². The van der Waals surface area contributed by atoms with Crippen LogP contribution in [0.25, 0.3) is 0 Å². The summed E-state index contributed by atoms with van der Waals surface area (Å²) in [7, 11) is 1.86. The molecule has 1 amide bonds. The van der Waals surface area contributed by atoms with Gasteiger partial charge in [-0.1, -0.05) is 6.07 Å². The maximum atomic E-state index is 11.8. The van der Waals surface area contributed by atoms with Gasteiger partial charge in [0.25, 0.3) is 5.91 Å². The third-order valence-corrected chi connectivity index (χ3v) is 3.34. The molecule has 2 N–H and O–H groups in total. The van der Waals surface area contributed by atoms with Crippen LogP contribution >= 0.6 is 22.6 Å². The molecule has 15 heavy (non-hydrogen) atoms. The number of carbonyl (C=O) groups excluding carboxylic acids is 1. The molecule has 0 unspecified atom stereocenters.